The standard InChI is InChI=1S/C15H16O4/c1-9-12(14(17)19-15(2,3)4)10-7-5-6-8-11(10)13(16)18-9/h5-8H,1-4H3. The molecular formula is C15H16O4. The van der Waals surface area contributed by atoms with E-state index in [1.807, 2.05) is 0 Å². The fourth-order valence-electron chi connectivity index (χ4n) is 1.90. The van der Waals surface area contributed by atoms with Crippen LogP contribution in [0.1, 0.15) is 36.9 Å². The van der Waals surface area contributed by atoms with E-state index in [1.54, 1.807) is 52.0 Å². The van der Waals surface area contributed by atoms with Crippen LogP contribution in [-0.4, -0.2) is 11.6 Å². The molecule has 4 nitrogen and oxygen atoms in total. The van der Waals surface area contributed by atoms with Gasteiger partial charge in [-0.3, -0.25) is 0 Å². The Labute approximate surface area is 111 Å². The topological polar surface area (TPSA) is 56.5 Å². The van der Waals surface area contributed by atoms with Gasteiger partial charge in [0.05, 0.1) is 5.39 Å². The number of hydrogen-bond donors (Lipinski definition) is 0. The molecular weight excluding hydrogens is 244 g/mol. The zero-order valence-corrected chi connectivity index (χ0v) is 11.4. The van der Waals surface area contributed by atoms with Crippen LogP contribution in [0.25, 0.3) is 10.8 Å². The van der Waals surface area contributed by atoms with Crippen LogP contribution in [0.3, 0.4) is 0 Å². The van der Waals surface area contributed by atoms with Gasteiger partial charge in [0, 0.05) is 5.39 Å². The monoisotopic (exact) mass is 260 g/mol. The van der Waals surface area contributed by atoms with E-state index in [4.69, 9.17) is 9.15 Å². The number of carbonyl (C=O) groups excluding carboxylic acids is 1. The Morgan fingerprint density at radius 3 is 2.32 bits per heavy atom. The van der Waals surface area contributed by atoms with Crippen LogP contribution in [0.5, 0.6) is 0 Å². The maximum Gasteiger partial charge on any atom is 0.343 e. The van der Waals surface area contributed by atoms with Gasteiger partial charge in [0.2, 0.25) is 0 Å². The summed E-state index contributed by atoms with van der Waals surface area (Å²) in [6.45, 7) is 6.97. The first-order chi connectivity index (χ1) is 8.79. The molecule has 1 aromatic carbocycles. The predicted molar refractivity (Wildman–Crippen MR) is 72.4 cm³/mol. The lowest BCUT2D eigenvalue weighted by molar-refractivity contribution is 0.00682. The lowest BCUT2D eigenvalue weighted by atomic mass is 10.1. The van der Waals surface area contributed by atoms with Crippen molar-refractivity contribution < 1.29 is 13.9 Å². The summed E-state index contributed by atoms with van der Waals surface area (Å²) < 4.78 is 10.5. The first-order valence-corrected chi connectivity index (χ1v) is 6.05. The van der Waals surface area contributed by atoms with E-state index < -0.39 is 17.2 Å². The van der Waals surface area contributed by atoms with Crippen molar-refractivity contribution in [2.75, 3.05) is 0 Å². The molecule has 0 aliphatic carbocycles. The number of carbonyl (C=O) groups is 1. The lowest BCUT2D eigenvalue weighted by Gasteiger charge is -2.20. The highest BCUT2D eigenvalue weighted by atomic mass is 16.6. The summed E-state index contributed by atoms with van der Waals surface area (Å²) in [7, 11) is 0. The average Bonchev–Trinajstić information content (AvgIpc) is 2.26. The van der Waals surface area contributed by atoms with Gasteiger partial charge in [-0.05, 0) is 33.8 Å². The van der Waals surface area contributed by atoms with Gasteiger partial charge in [-0.1, -0.05) is 18.2 Å². The van der Waals surface area contributed by atoms with Gasteiger partial charge < -0.3 is 9.15 Å². The van der Waals surface area contributed by atoms with Gasteiger partial charge in [-0.2, -0.15) is 0 Å². The largest absolute Gasteiger partial charge is 0.456 e. The summed E-state index contributed by atoms with van der Waals surface area (Å²) in [6, 6.07) is 6.86. The number of benzene rings is 1. The molecule has 1 heterocycles. The van der Waals surface area contributed by atoms with Gasteiger partial charge in [-0.25, -0.2) is 9.59 Å². The highest BCUT2D eigenvalue weighted by Crippen LogP contribution is 2.22. The van der Waals surface area contributed by atoms with Gasteiger partial charge in [0.1, 0.15) is 16.9 Å². The van der Waals surface area contributed by atoms with Crippen molar-refractivity contribution in [1.82, 2.24) is 0 Å². The zero-order chi connectivity index (χ0) is 14.2. The molecule has 4 heteroatoms. The quantitative estimate of drug-likeness (QED) is 0.739. The van der Waals surface area contributed by atoms with E-state index in [9.17, 15) is 9.59 Å². The Morgan fingerprint density at radius 2 is 1.74 bits per heavy atom. The second-order valence-electron chi connectivity index (χ2n) is 5.37. The molecule has 1 aromatic heterocycles. The number of ether oxygens (including phenoxy) is 1. The Kier molecular flexibility index (Phi) is 3.18. The molecule has 19 heavy (non-hydrogen) atoms. The van der Waals surface area contributed by atoms with Gasteiger partial charge >= 0.3 is 11.6 Å². The maximum atomic E-state index is 12.2. The molecule has 0 N–H and O–H groups in total. The third-order valence-electron chi connectivity index (χ3n) is 2.62. The van der Waals surface area contributed by atoms with Gasteiger partial charge in [0.15, 0.2) is 0 Å². The molecule has 0 radical (unpaired) electrons. The summed E-state index contributed by atoms with van der Waals surface area (Å²) in [5.74, 6) is -0.206. The second-order valence-corrected chi connectivity index (χ2v) is 5.37. The number of rotatable bonds is 1. The smallest absolute Gasteiger partial charge is 0.343 e. The molecule has 0 amide bonds. The van der Waals surface area contributed by atoms with E-state index in [1.165, 1.54) is 0 Å². The molecule has 2 aromatic rings. The van der Waals surface area contributed by atoms with Crippen molar-refractivity contribution in [3.8, 4) is 0 Å². The van der Waals surface area contributed by atoms with E-state index in [2.05, 4.69) is 0 Å². The molecule has 0 aliphatic rings. The SMILES string of the molecule is Cc1oc(=O)c2ccccc2c1C(=O)OC(C)(C)C. The van der Waals surface area contributed by atoms with Crippen molar-refractivity contribution in [1.29, 1.82) is 0 Å². The summed E-state index contributed by atoms with van der Waals surface area (Å²) in [5, 5.41) is 0.944. The summed E-state index contributed by atoms with van der Waals surface area (Å²) in [5.41, 5.74) is -0.730. The fourth-order valence-corrected chi connectivity index (χ4v) is 1.90. The maximum absolute atomic E-state index is 12.2. The third kappa shape index (κ3) is 2.67. The Morgan fingerprint density at radius 1 is 1.16 bits per heavy atom. The normalized spacial score (nSPS) is 11.6. The Balaban J connectivity index is 2.67. The third-order valence-corrected chi connectivity index (χ3v) is 2.62. The first-order valence-electron chi connectivity index (χ1n) is 6.05. The van der Waals surface area contributed by atoms with Crippen LogP contribution < -0.4 is 5.63 Å². The predicted octanol–water partition coefficient (Wildman–Crippen LogP) is 3.06. The van der Waals surface area contributed by atoms with Crippen molar-refractivity contribution in [2.24, 2.45) is 0 Å². The first kappa shape index (κ1) is 13.3. The fraction of sp³-hybridized carbons (Fsp3) is 0.333. The van der Waals surface area contributed by atoms with E-state index >= 15 is 0 Å². The summed E-state index contributed by atoms with van der Waals surface area (Å²) in [4.78, 5) is 24.0. The van der Waals surface area contributed by atoms with E-state index in [-0.39, 0.29) is 5.76 Å². The molecule has 0 aliphatic heterocycles. The van der Waals surface area contributed by atoms with Crippen molar-refractivity contribution in [2.45, 2.75) is 33.3 Å². The number of hydrogen-bond acceptors (Lipinski definition) is 4. The molecule has 0 unspecified atom stereocenters. The van der Waals surface area contributed by atoms with Crippen LogP contribution in [0.2, 0.25) is 0 Å². The minimum atomic E-state index is -0.596. The van der Waals surface area contributed by atoms with Crippen LogP contribution in [-0.2, 0) is 4.74 Å². The number of esters is 1. The van der Waals surface area contributed by atoms with Crippen molar-refractivity contribution >= 4 is 16.7 Å². The minimum Gasteiger partial charge on any atom is -0.456 e. The number of fused-ring (bicyclic) bond motifs is 1. The Bertz CT molecular complexity index is 689. The van der Waals surface area contributed by atoms with Crippen molar-refractivity contribution in [3.05, 3.63) is 46.0 Å². The van der Waals surface area contributed by atoms with Crippen LogP contribution in [0.4, 0.5) is 0 Å². The second kappa shape index (κ2) is 4.53. The Hall–Kier alpha value is -2.10. The van der Waals surface area contributed by atoms with Crippen molar-refractivity contribution in [3.63, 3.8) is 0 Å². The zero-order valence-electron chi connectivity index (χ0n) is 11.4. The van der Waals surface area contributed by atoms with Gasteiger partial charge in [0.25, 0.3) is 0 Å². The van der Waals surface area contributed by atoms with Gasteiger partial charge in [-0.15, -0.1) is 0 Å². The molecule has 0 bridgehead atoms. The highest BCUT2D eigenvalue weighted by Gasteiger charge is 2.23. The lowest BCUT2D eigenvalue weighted by Crippen LogP contribution is -2.25. The van der Waals surface area contributed by atoms with E-state index in [0.717, 1.165) is 0 Å². The molecule has 0 atom stereocenters. The molecule has 100 valence electrons. The van der Waals surface area contributed by atoms with Crippen LogP contribution >= 0.6 is 0 Å². The van der Waals surface area contributed by atoms with Crippen LogP contribution in [0.15, 0.2) is 33.5 Å². The average molecular weight is 260 g/mol. The molecule has 2 rings (SSSR count). The summed E-state index contributed by atoms with van der Waals surface area (Å²) >= 11 is 0. The molecule has 0 saturated heterocycles. The summed E-state index contributed by atoms with van der Waals surface area (Å²) in [6.07, 6.45) is 0. The molecule has 0 saturated carbocycles. The number of aryl methyl sites for hydroxylation is 1. The minimum absolute atomic E-state index is 0.276. The molecule has 0 spiro atoms. The van der Waals surface area contributed by atoms with E-state index in [0.29, 0.717) is 16.3 Å². The molecule has 0 fully saturated rings. The van der Waals surface area contributed by atoms with Crippen LogP contribution in [0, 0.1) is 6.92 Å². The highest BCUT2D eigenvalue weighted by molar-refractivity contribution is 6.04.